The van der Waals surface area contributed by atoms with Crippen molar-refractivity contribution in [2.24, 2.45) is 5.73 Å². The number of para-hydroxylation sites is 1. The molecular weight excluding hydrogens is 615 g/mol. The largest absolute Gasteiger partial charge is 0.506 e. The number of aromatic amines is 1. The zero-order chi connectivity index (χ0) is 34.4. The number of nitrogens with two attached hydrogens (primary N) is 1. The molecule has 1 aromatic heterocycles. The van der Waals surface area contributed by atoms with Gasteiger partial charge < -0.3 is 20.7 Å². The summed E-state index contributed by atoms with van der Waals surface area (Å²) in [5.74, 6) is -0.765. The van der Waals surface area contributed by atoms with E-state index in [-0.39, 0.29) is 11.3 Å². The number of aryl methyl sites for hydroxylation is 4. The van der Waals surface area contributed by atoms with Gasteiger partial charge in [0.05, 0.1) is 11.1 Å². The summed E-state index contributed by atoms with van der Waals surface area (Å²) in [5, 5.41) is 15.0. The first-order chi connectivity index (χ1) is 24.3. The molecule has 4 N–H and O–H groups in total. The summed E-state index contributed by atoms with van der Waals surface area (Å²) in [6.45, 7) is 4.22. The summed E-state index contributed by atoms with van der Waals surface area (Å²) in [4.78, 5) is 18.6. The van der Waals surface area contributed by atoms with Crippen molar-refractivity contribution >= 4 is 55.5 Å². The van der Waals surface area contributed by atoms with Gasteiger partial charge in [-0.2, -0.15) is 0 Å². The lowest BCUT2D eigenvalue weighted by Crippen LogP contribution is -2.12. The zero-order valence-electron chi connectivity index (χ0n) is 28.1. The Balaban J connectivity index is 1.04. The fourth-order valence-electron chi connectivity index (χ4n) is 7.05. The summed E-state index contributed by atoms with van der Waals surface area (Å²) in [6, 6.07) is 48.3. The molecule has 0 unspecified atom stereocenters. The molecule has 0 aliphatic heterocycles. The lowest BCUT2D eigenvalue weighted by atomic mass is 9.92. The van der Waals surface area contributed by atoms with Gasteiger partial charge in [-0.25, -0.2) is 0 Å². The van der Waals surface area contributed by atoms with Crippen LogP contribution in [0.2, 0.25) is 0 Å². The first-order valence-corrected chi connectivity index (χ1v) is 16.9. The van der Waals surface area contributed by atoms with Crippen LogP contribution < -0.4 is 10.6 Å². The van der Waals surface area contributed by atoms with Gasteiger partial charge in [0.2, 0.25) is 0 Å². The minimum Gasteiger partial charge on any atom is -0.506 e. The lowest BCUT2D eigenvalue weighted by Gasteiger charge is -2.26. The van der Waals surface area contributed by atoms with Gasteiger partial charge in [0, 0.05) is 44.3 Å². The maximum Gasteiger partial charge on any atom is 0.253 e. The highest BCUT2D eigenvalue weighted by Gasteiger charge is 2.21. The van der Waals surface area contributed by atoms with E-state index in [1.54, 1.807) is 0 Å². The Morgan fingerprint density at radius 2 is 1.20 bits per heavy atom. The van der Waals surface area contributed by atoms with Crippen molar-refractivity contribution in [3.8, 4) is 16.9 Å². The van der Waals surface area contributed by atoms with Crippen molar-refractivity contribution < 1.29 is 9.90 Å². The number of nitrogens with one attached hydrogen (secondary N) is 1. The van der Waals surface area contributed by atoms with Gasteiger partial charge in [-0.3, -0.25) is 4.79 Å². The summed E-state index contributed by atoms with van der Waals surface area (Å²) >= 11 is 0. The second-order valence-corrected chi connectivity index (χ2v) is 13.1. The highest BCUT2D eigenvalue weighted by Crippen LogP contribution is 2.42. The maximum atomic E-state index is 12.8. The fourth-order valence-corrected chi connectivity index (χ4v) is 7.05. The second-order valence-electron chi connectivity index (χ2n) is 13.1. The van der Waals surface area contributed by atoms with Crippen molar-refractivity contribution in [2.45, 2.75) is 26.7 Å². The SMILES string of the molecule is Cc1ccc(N(c2ccc(C)cc2)c2ccc(CCc3ccc(-c4cc5ccc6c7ccccc7[nH]c6c5c(C(N)=O)c4O)cc3)cc2)cc1. The molecule has 0 bridgehead atoms. The van der Waals surface area contributed by atoms with Crippen LogP contribution in [0, 0.1) is 13.8 Å². The Bertz CT molecular complexity index is 2470. The topological polar surface area (TPSA) is 82.3 Å². The third-order valence-electron chi connectivity index (χ3n) is 9.75. The molecule has 244 valence electrons. The predicted molar refractivity (Wildman–Crippen MR) is 207 cm³/mol. The van der Waals surface area contributed by atoms with Crippen molar-refractivity contribution in [3.63, 3.8) is 0 Å². The first-order valence-electron chi connectivity index (χ1n) is 16.9. The quantitative estimate of drug-likeness (QED) is 0.153. The van der Waals surface area contributed by atoms with E-state index < -0.39 is 5.91 Å². The van der Waals surface area contributed by atoms with Crippen LogP contribution in [0.5, 0.6) is 5.75 Å². The van der Waals surface area contributed by atoms with E-state index in [4.69, 9.17) is 5.73 Å². The predicted octanol–water partition coefficient (Wildman–Crippen LogP) is 10.8. The normalized spacial score (nSPS) is 11.4. The van der Waals surface area contributed by atoms with Crippen LogP contribution in [0.3, 0.4) is 0 Å². The Morgan fingerprint density at radius 1 is 0.660 bits per heavy atom. The Labute approximate surface area is 291 Å². The number of hydrogen-bond acceptors (Lipinski definition) is 3. The van der Waals surface area contributed by atoms with Gasteiger partial charge in [0.1, 0.15) is 5.75 Å². The molecule has 0 saturated heterocycles. The smallest absolute Gasteiger partial charge is 0.253 e. The van der Waals surface area contributed by atoms with Gasteiger partial charge >= 0.3 is 0 Å². The molecule has 5 nitrogen and oxygen atoms in total. The van der Waals surface area contributed by atoms with Gasteiger partial charge in [0.25, 0.3) is 5.91 Å². The molecule has 0 aliphatic rings. The number of carbonyl (C=O) groups excluding carboxylic acids is 1. The number of H-pyrrole nitrogens is 1. The number of aromatic nitrogens is 1. The molecule has 0 aliphatic carbocycles. The summed E-state index contributed by atoms with van der Waals surface area (Å²) in [5.41, 5.74) is 17.5. The molecule has 8 aromatic rings. The number of primary amides is 1. The summed E-state index contributed by atoms with van der Waals surface area (Å²) in [7, 11) is 0. The number of fused-ring (bicyclic) bond motifs is 5. The second kappa shape index (κ2) is 12.6. The molecule has 0 fully saturated rings. The number of anilines is 3. The molecule has 0 spiro atoms. The van der Waals surface area contributed by atoms with Crippen molar-refractivity contribution in [1.82, 2.24) is 4.98 Å². The van der Waals surface area contributed by atoms with E-state index in [0.717, 1.165) is 62.7 Å². The van der Waals surface area contributed by atoms with E-state index in [1.807, 2.05) is 48.5 Å². The monoisotopic (exact) mass is 651 g/mol. The molecular formula is C45H37N3O2. The molecule has 1 amide bonds. The summed E-state index contributed by atoms with van der Waals surface area (Å²) in [6.07, 6.45) is 1.76. The molecule has 0 atom stereocenters. The third-order valence-corrected chi connectivity index (χ3v) is 9.75. The van der Waals surface area contributed by atoms with Gasteiger partial charge in [0.15, 0.2) is 0 Å². The fraction of sp³-hybridized carbons (Fsp3) is 0.0889. The minimum atomic E-state index is -0.663. The summed E-state index contributed by atoms with van der Waals surface area (Å²) < 4.78 is 0. The van der Waals surface area contributed by atoms with Gasteiger partial charge in [-0.1, -0.05) is 102 Å². The molecule has 0 saturated carbocycles. The number of amides is 1. The van der Waals surface area contributed by atoms with Crippen LogP contribution in [0.4, 0.5) is 17.1 Å². The van der Waals surface area contributed by atoms with Crippen LogP contribution >= 0.6 is 0 Å². The highest BCUT2D eigenvalue weighted by atomic mass is 16.3. The van der Waals surface area contributed by atoms with Gasteiger partial charge in [-0.05, 0) is 97.3 Å². The Hall–Kier alpha value is -6.33. The standard InChI is InChI=1S/C45H37N3O2/c1-28-7-20-34(21-8-28)48(35-22-9-29(2)10-23-35)36-24-15-31(16-25-36)12-11-30-13-17-32(18-14-30)39-27-33-19-26-38-37-5-3-4-6-40(37)47-43(38)41(33)42(44(39)49)45(46)50/h3-10,13-27,47,49H,11-12H2,1-2H3,(H2,46,50). The Morgan fingerprint density at radius 3 is 1.78 bits per heavy atom. The van der Waals surface area contributed by atoms with E-state index in [9.17, 15) is 9.90 Å². The number of nitrogens with zero attached hydrogens (tertiary/aromatic N) is 1. The maximum absolute atomic E-state index is 12.8. The number of phenols is 1. The number of hydrogen-bond donors (Lipinski definition) is 3. The lowest BCUT2D eigenvalue weighted by molar-refractivity contribution is 0.0999. The average molecular weight is 652 g/mol. The van der Waals surface area contributed by atoms with E-state index in [0.29, 0.717) is 10.9 Å². The van der Waals surface area contributed by atoms with Crippen molar-refractivity contribution in [3.05, 3.63) is 167 Å². The first kappa shape index (κ1) is 31.0. The number of carbonyl (C=O) groups is 1. The van der Waals surface area contributed by atoms with Crippen molar-refractivity contribution in [2.75, 3.05) is 4.90 Å². The average Bonchev–Trinajstić information content (AvgIpc) is 3.52. The van der Waals surface area contributed by atoms with Gasteiger partial charge in [-0.15, -0.1) is 0 Å². The van der Waals surface area contributed by atoms with E-state index in [2.05, 4.69) is 115 Å². The molecule has 5 heteroatoms. The molecule has 8 rings (SSSR count). The molecule has 1 heterocycles. The molecule has 0 radical (unpaired) electrons. The van der Waals surface area contributed by atoms with Crippen LogP contribution in [0.25, 0.3) is 43.7 Å². The third kappa shape index (κ3) is 5.63. The number of benzene rings is 7. The number of rotatable bonds is 8. The van der Waals surface area contributed by atoms with Crippen LogP contribution in [0.15, 0.2) is 140 Å². The Kier molecular flexibility index (Phi) is 7.81. The van der Waals surface area contributed by atoms with E-state index in [1.165, 1.54) is 22.3 Å². The van der Waals surface area contributed by atoms with Crippen molar-refractivity contribution in [1.29, 1.82) is 0 Å². The van der Waals surface area contributed by atoms with E-state index >= 15 is 0 Å². The highest BCUT2D eigenvalue weighted by molar-refractivity contribution is 6.24. The minimum absolute atomic E-state index is 0.102. The van der Waals surface area contributed by atoms with Crippen LogP contribution in [0.1, 0.15) is 32.6 Å². The zero-order valence-corrected chi connectivity index (χ0v) is 28.1. The molecule has 7 aromatic carbocycles. The number of aromatic hydroxyl groups is 1. The van der Waals surface area contributed by atoms with Crippen LogP contribution in [-0.2, 0) is 12.8 Å². The molecule has 50 heavy (non-hydrogen) atoms. The van der Waals surface area contributed by atoms with Crippen LogP contribution in [-0.4, -0.2) is 16.0 Å².